The van der Waals surface area contributed by atoms with Crippen molar-refractivity contribution in [1.82, 2.24) is 0 Å². The summed E-state index contributed by atoms with van der Waals surface area (Å²) in [5.74, 6) is -0.348. The SMILES string of the molecule is CC1(C)Cc2c(CO)cc(F)c(C#N)c2O1. The van der Waals surface area contributed by atoms with E-state index in [2.05, 4.69) is 0 Å². The fourth-order valence-corrected chi connectivity index (χ4v) is 2.01. The number of hydrogen-bond acceptors (Lipinski definition) is 3. The summed E-state index contributed by atoms with van der Waals surface area (Å²) in [5, 5.41) is 18.0. The van der Waals surface area contributed by atoms with Gasteiger partial charge < -0.3 is 9.84 Å². The molecular weight excluding hydrogens is 209 g/mol. The van der Waals surface area contributed by atoms with Gasteiger partial charge in [-0.15, -0.1) is 0 Å². The molecule has 0 aliphatic carbocycles. The zero-order chi connectivity index (χ0) is 11.9. The van der Waals surface area contributed by atoms with Crippen LogP contribution in [0.5, 0.6) is 5.75 Å². The Morgan fingerprint density at radius 3 is 2.88 bits per heavy atom. The van der Waals surface area contributed by atoms with Gasteiger partial charge in [-0.25, -0.2) is 4.39 Å². The molecule has 1 aromatic carbocycles. The van der Waals surface area contributed by atoms with Gasteiger partial charge in [0, 0.05) is 12.0 Å². The second kappa shape index (κ2) is 3.46. The van der Waals surface area contributed by atoms with Crippen LogP contribution < -0.4 is 4.74 Å². The third-order valence-corrected chi connectivity index (χ3v) is 2.69. The Labute approximate surface area is 93.1 Å². The number of rotatable bonds is 1. The first-order valence-corrected chi connectivity index (χ1v) is 5.03. The molecule has 4 heteroatoms. The molecule has 0 radical (unpaired) electrons. The minimum Gasteiger partial charge on any atom is -0.486 e. The lowest BCUT2D eigenvalue weighted by molar-refractivity contribution is 0.137. The molecule has 0 amide bonds. The summed E-state index contributed by atoms with van der Waals surface area (Å²) < 4.78 is 19.1. The molecule has 0 bridgehead atoms. The van der Waals surface area contributed by atoms with Gasteiger partial charge in [0.2, 0.25) is 0 Å². The Kier molecular flexibility index (Phi) is 2.36. The normalized spacial score (nSPS) is 16.4. The molecule has 1 aliphatic heterocycles. The summed E-state index contributed by atoms with van der Waals surface area (Å²) in [4.78, 5) is 0. The molecule has 0 fully saturated rings. The Morgan fingerprint density at radius 1 is 1.62 bits per heavy atom. The second-order valence-corrected chi connectivity index (χ2v) is 4.51. The number of fused-ring (bicyclic) bond motifs is 1. The molecule has 1 heterocycles. The summed E-state index contributed by atoms with van der Waals surface area (Å²) in [6, 6.07) is 3.01. The van der Waals surface area contributed by atoms with Gasteiger partial charge in [0.05, 0.1) is 6.61 Å². The molecule has 1 aromatic rings. The van der Waals surface area contributed by atoms with E-state index >= 15 is 0 Å². The topological polar surface area (TPSA) is 53.2 Å². The molecule has 0 saturated heterocycles. The molecule has 0 spiro atoms. The number of aliphatic hydroxyl groups excluding tert-OH is 1. The van der Waals surface area contributed by atoms with Crippen molar-refractivity contribution >= 4 is 0 Å². The van der Waals surface area contributed by atoms with Gasteiger partial charge in [0.1, 0.15) is 28.8 Å². The van der Waals surface area contributed by atoms with Crippen molar-refractivity contribution in [3.63, 3.8) is 0 Å². The number of benzene rings is 1. The zero-order valence-corrected chi connectivity index (χ0v) is 9.17. The van der Waals surface area contributed by atoms with Gasteiger partial charge >= 0.3 is 0 Å². The molecule has 84 valence electrons. The van der Waals surface area contributed by atoms with Crippen LogP contribution in [0.25, 0.3) is 0 Å². The molecular formula is C12H12FNO2. The van der Waals surface area contributed by atoms with Crippen molar-refractivity contribution in [2.45, 2.75) is 32.5 Å². The van der Waals surface area contributed by atoms with E-state index in [-0.39, 0.29) is 17.9 Å². The van der Waals surface area contributed by atoms with E-state index in [9.17, 15) is 4.39 Å². The van der Waals surface area contributed by atoms with Crippen molar-refractivity contribution in [1.29, 1.82) is 5.26 Å². The molecule has 0 aromatic heterocycles. The molecule has 3 nitrogen and oxygen atoms in total. The van der Waals surface area contributed by atoms with Crippen LogP contribution in [0, 0.1) is 17.1 Å². The smallest absolute Gasteiger partial charge is 0.145 e. The number of halogens is 1. The maximum absolute atomic E-state index is 13.5. The number of ether oxygens (including phenoxy) is 1. The largest absolute Gasteiger partial charge is 0.486 e. The minimum absolute atomic E-state index is 0.0715. The summed E-state index contributed by atoms with van der Waals surface area (Å²) in [6.07, 6.45) is 0.577. The Morgan fingerprint density at radius 2 is 2.31 bits per heavy atom. The maximum Gasteiger partial charge on any atom is 0.145 e. The number of nitriles is 1. The Bertz CT molecular complexity index is 489. The van der Waals surface area contributed by atoms with Gasteiger partial charge in [-0.1, -0.05) is 0 Å². The molecule has 2 rings (SSSR count). The van der Waals surface area contributed by atoms with E-state index in [1.165, 1.54) is 6.07 Å². The zero-order valence-electron chi connectivity index (χ0n) is 9.17. The van der Waals surface area contributed by atoms with Crippen LogP contribution in [0.15, 0.2) is 6.07 Å². The van der Waals surface area contributed by atoms with Crippen LogP contribution in [0.4, 0.5) is 4.39 Å². The van der Waals surface area contributed by atoms with Crippen LogP contribution in [0.3, 0.4) is 0 Å². The first kappa shape index (κ1) is 10.9. The van der Waals surface area contributed by atoms with Crippen LogP contribution in [0.1, 0.15) is 30.5 Å². The van der Waals surface area contributed by atoms with Gasteiger partial charge in [-0.2, -0.15) is 5.26 Å². The van der Waals surface area contributed by atoms with Crippen LogP contribution >= 0.6 is 0 Å². The molecule has 0 unspecified atom stereocenters. The first-order valence-electron chi connectivity index (χ1n) is 5.03. The predicted molar refractivity (Wildman–Crippen MR) is 55.4 cm³/mol. The van der Waals surface area contributed by atoms with E-state index in [0.29, 0.717) is 12.0 Å². The first-order chi connectivity index (χ1) is 7.48. The molecule has 0 saturated carbocycles. The van der Waals surface area contributed by atoms with Crippen molar-refractivity contribution in [2.24, 2.45) is 0 Å². The predicted octanol–water partition coefficient (Wildman–Crippen LogP) is 1.90. The summed E-state index contributed by atoms with van der Waals surface area (Å²) in [5.41, 5.74) is 0.714. The molecule has 1 aliphatic rings. The van der Waals surface area contributed by atoms with Gasteiger partial charge in [-0.3, -0.25) is 0 Å². The lowest BCUT2D eigenvalue weighted by Crippen LogP contribution is -2.25. The van der Waals surface area contributed by atoms with E-state index < -0.39 is 11.4 Å². The Hall–Kier alpha value is -1.60. The van der Waals surface area contributed by atoms with Gasteiger partial charge in [0.15, 0.2) is 0 Å². The Balaban J connectivity index is 2.67. The summed E-state index contributed by atoms with van der Waals surface area (Å²) in [7, 11) is 0. The quantitative estimate of drug-likeness (QED) is 0.788. The van der Waals surface area contributed by atoms with Crippen molar-refractivity contribution < 1.29 is 14.2 Å². The van der Waals surface area contributed by atoms with Gasteiger partial charge in [-0.05, 0) is 25.5 Å². The lowest BCUT2D eigenvalue weighted by atomic mass is 9.96. The molecule has 1 N–H and O–H groups in total. The minimum atomic E-state index is -0.636. The van der Waals surface area contributed by atoms with Crippen molar-refractivity contribution in [3.05, 3.63) is 28.6 Å². The average Bonchev–Trinajstić information content (AvgIpc) is 2.52. The van der Waals surface area contributed by atoms with Crippen molar-refractivity contribution in [2.75, 3.05) is 0 Å². The third-order valence-electron chi connectivity index (χ3n) is 2.69. The molecule has 0 atom stereocenters. The third kappa shape index (κ3) is 1.54. The van der Waals surface area contributed by atoms with Crippen LogP contribution in [-0.4, -0.2) is 10.7 Å². The van der Waals surface area contributed by atoms with E-state index in [0.717, 1.165) is 5.56 Å². The fourth-order valence-electron chi connectivity index (χ4n) is 2.01. The number of hydrogen-bond donors (Lipinski definition) is 1. The van der Waals surface area contributed by atoms with E-state index in [1.54, 1.807) is 6.07 Å². The number of aliphatic hydroxyl groups is 1. The highest BCUT2D eigenvalue weighted by Gasteiger charge is 2.35. The highest BCUT2D eigenvalue weighted by Crippen LogP contribution is 2.40. The summed E-state index contributed by atoms with van der Waals surface area (Å²) >= 11 is 0. The lowest BCUT2D eigenvalue weighted by Gasteiger charge is -2.17. The standard InChI is InChI=1S/C12H12FNO2/c1-12(2)4-8-7(6-15)3-10(13)9(5-14)11(8)16-12/h3,15H,4,6H2,1-2H3. The number of nitrogens with zero attached hydrogens (tertiary/aromatic N) is 1. The highest BCUT2D eigenvalue weighted by atomic mass is 19.1. The maximum atomic E-state index is 13.5. The second-order valence-electron chi connectivity index (χ2n) is 4.51. The van der Waals surface area contributed by atoms with Crippen LogP contribution in [-0.2, 0) is 13.0 Å². The van der Waals surface area contributed by atoms with Crippen molar-refractivity contribution in [3.8, 4) is 11.8 Å². The highest BCUT2D eigenvalue weighted by molar-refractivity contribution is 5.55. The monoisotopic (exact) mass is 221 g/mol. The van der Waals surface area contributed by atoms with Crippen LogP contribution in [0.2, 0.25) is 0 Å². The van der Waals surface area contributed by atoms with E-state index in [4.69, 9.17) is 15.1 Å². The molecule has 16 heavy (non-hydrogen) atoms. The fraction of sp³-hybridized carbons (Fsp3) is 0.417. The van der Waals surface area contributed by atoms with Gasteiger partial charge in [0.25, 0.3) is 0 Å². The van der Waals surface area contributed by atoms with E-state index in [1.807, 2.05) is 13.8 Å². The average molecular weight is 221 g/mol. The summed E-state index contributed by atoms with van der Waals surface area (Å²) in [6.45, 7) is 3.49.